The Hall–Kier alpha value is -1.13. The van der Waals surface area contributed by atoms with E-state index < -0.39 is 0 Å². The Morgan fingerprint density at radius 3 is 2.65 bits per heavy atom. The van der Waals surface area contributed by atoms with Crippen LogP contribution in [-0.2, 0) is 11.3 Å². The van der Waals surface area contributed by atoms with Crippen molar-refractivity contribution in [2.75, 3.05) is 31.7 Å². The molecule has 0 fully saturated rings. The Morgan fingerprint density at radius 2 is 2.18 bits per heavy atom. The molecule has 96 valence electrons. The minimum atomic E-state index is 0.489. The van der Waals surface area contributed by atoms with Gasteiger partial charge in [-0.1, -0.05) is 13.8 Å². The maximum absolute atomic E-state index is 5.54. The van der Waals surface area contributed by atoms with Crippen LogP contribution in [0.15, 0.2) is 18.3 Å². The SMILES string of the molecule is COCCN(CC(C)C)c1ccc(CN)nc1. The van der Waals surface area contributed by atoms with E-state index in [-0.39, 0.29) is 0 Å². The van der Waals surface area contributed by atoms with Crippen molar-refractivity contribution < 1.29 is 4.74 Å². The summed E-state index contributed by atoms with van der Waals surface area (Å²) in [7, 11) is 1.73. The van der Waals surface area contributed by atoms with Crippen molar-refractivity contribution in [1.29, 1.82) is 0 Å². The van der Waals surface area contributed by atoms with E-state index in [1.54, 1.807) is 7.11 Å². The standard InChI is InChI=1S/C13H23N3O/c1-11(2)10-16(6-7-17-3)13-5-4-12(8-14)15-9-13/h4-5,9,11H,6-8,10,14H2,1-3H3. The number of anilines is 1. The molecule has 1 aromatic heterocycles. The first-order valence-corrected chi connectivity index (χ1v) is 6.06. The van der Waals surface area contributed by atoms with Crippen molar-refractivity contribution in [2.24, 2.45) is 11.7 Å². The molecular formula is C13H23N3O. The summed E-state index contributed by atoms with van der Waals surface area (Å²) in [5.74, 6) is 0.612. The molecule has 0 aliphatic carbocycles. The van der Waals surface area contributed by atoms with Crippen molar-refractivity contribution in [3.05, 3.63) is 24.0 Å². The van der Waals surface area contributed by atoms with Crippen LogP contribution in [0.5, 0.6) is 0 Å². The quantitative estimate of drug-likeness (QED) is 0.783. The maximum Gasteiger partial charge on any atom is 0.0637 e. The molecule has 0 unspecified atom stereocenters. The largest absolute Gasteiger partial charge is 0.383 e. The molecule has 0 amide bonds. The molecule has 4 heteroatoms. The minimum Gasteiger partial charge on any atom is -0.383 e. The summed E-state index contributed by atoms with van der Waals surface area (Å²) < 4.78 is 5.14. The zero-order valence-electron chi connectivity index (χ0n) is 11.0. The lowest BCUT2D eigenvalue weighted by Gasteiger charge is -2.26. The van der Waals surface area contributed by atoms with E-state index in [1.165, 1.54) is 0 Å². The van der Waals surface area contributed by atoms with E-state index in [0.29, 0.717) is 12.5 Å². The topological polar surface area (TPSA) is 51.4 Å². The third-order valence-corrected chi connectivity index (χ3v) is 2.53. The molecule has 4 nitrogen and oxygen atoms in total. The average Bonchev–Trinajstić information content (AvgIpc) is 2.34. The highest BCUT2D eigenvalue weighted by Crippen LogP contribution is 2.14. The molecule has 2 N–H and O–H groups in total. The number of nitrogens with two attached hydrogens (primary N) is 1. The van der Waals surface area contributed by atoms with Crippen molar-refractivity contribution in [1.82, 2.24) is 4.98 Å². The van der Waals surface area contributed by atoms with E-state index >= 15 is 0 Å². The lowest BCUT2D eigenvalue weighted by Crippen LogP contribution is -2.31. The van der Waals surface area contributed by atoms with Gasteiger partial charge in [-0.3, -0.25) is 4.98 Å². The normalized spacial score (nSPS) is 10.9. The molecule has 0 bridgehead atoms. The highest BCUT2D eigenvalue weighted by atomic mass is 16.5. The van der Waals surface area contributed by atoms with Gasteiger partial charge in [0.05, 0.1) is 24.2 Å². The first kappa shape index (κ1) is 13.9. The van der Waals surface area contributed by atoms with Gasteiger partial charge in [0.25, 0.3) is 0 Å². The monoisotopic (exact) mass is 237 g/mol. The Labute approximate surface area is 104 Å². The summed E-state index contributed by atoms with van der Waals surface area (Å²) in [6.45, 7) is 7.53. The Bertz CT molecular complexity index is 311. The van der Waals surface area contributed by atoms with Gasteiger partial charge < -0.3 is 15.4 Å². The Kier molecular flexibility index (Phi) is 5.94. The average molecular weight is 237 g/mol. The van der Waals surface area contributed by atoms with Crippen molar-refractivity contribution in [3.63, 3.8) is 0 Å². The van der Waals surface area contributed by atoms with Crippen LogP contribution >= 0.6 is 0 Å². The van der Waals surface area contributed by atoms with E-state index in [4.69, 9.17) is 10.5 Å². The molecule has 0 saturated carbocycles. The third-order valence-electron chi connectivity index (χ3n) is 2.53. The fourth-order valence-electron chi connectivity index (χ4n) is 1.69. The summed E-state index contributed by atoms with van der Waals surface area (Å²) in [5.41, 5.74) is 7.59. The van der Waals surface area contributed by atoms with E-state index in [2.05, 4.69) is 29.8 Å². The number of pyridine rings is 1. The van der Waals surface area contributed by atoms with Gasteiger partial charge in [0.2, 0.25) is 0 Å². The first-order valence-electron chi connectivity index (χ1n) is 6.06. The van der Waals surface area contributed by atoms with Crippen molar-refractivity contribution >= 4 is 5.69 Å². The highest BCUT2D eigenvalue weighted by Gasteiger charge is 2.08. The van der Waals surface area contributed by atoms with E-state index in [9.17, 15) is 0 Å². The van der Waals surface area contributed by atoms with Crippen LogP contribution in [-0.4, -0.2) is 31.8 Å². The highest BCUT2D eigenvalue weighted by molar-refractivity contribution is 5.44. The molecule has 1 rings (SSSR count). The third kappa shape index (κ3) is 4.71. The molecule has 0 spiro atoms. The van der Waals surface area contributed by atoms with Gasteiger partial charge in [0.15, 0.2) is 0 Å². The lowest BCUT2D eigenvalue weighted by molar-refractivity contribution is 0.204. The number of hydrogen-bond acceptors (Lipinski definition) is 4. The zero-order valence-corrected chi connectivity index (χ0v) is 11.0. The first-order chi connectivity index (χ1) is 8.17. The molecule has 0 radical (unpaired) electrons. The molecule has 0 aromatic carbocycles. The van der Waals surface area contributed by atoms with Crippen LogP contribution < -0.4 is 10.6 Å². The number of ether oxygens (including phenoxy) is 1. The molecule has 0 atom stereocenters. The smallest absolute Gasteiger partial charge is 0.0637 e. The maximum atomic E-state index is 5.54. The predicted molar refractivity (Wildman–Crippen MR) is 71.1 cm³/mol. The lowest BCUT2D eigenvalue weighted by atomic mass is 10.2. The Balaban J connectivity index is 2.72. The second kappa shape index (κ2) is 7.25. The molecule has 0 aliphatic rings. The summed E-state index contributed by atoms with van der Waals surface area (Å²) >= 11 is 0. The molecular weight excluding hydrogens is 214 g/mol. The van der Waals surface area contributed by atoms with Gasteiger partial charge >= 0.3 is 0 Å². The van der Waals surface area contributed by atoms with E-state index in [0.717, 1.165) is 31.1 Å². The van der Waals surface area contributed by atoms with Crippen LogP contribution in [0.3, 0.4) is 0 Å². The van der Waals surface area contributed by atoms with Crippen LogP contribution in [0.25, 0.3) is 0 Å². The second-order valence-corrected chi connectivity index (χ2v) is 4.54. The van der Waals surface area contributed by atoms with Gasteiger partial charge in [0.1, 0.15) is 0 Å². The number of rotatable bonds is 7. The fourth-order valence-corrected chi connectivity index (χ4v) is 1.69. The summed E-state index contributed by atoms with van der Waals surface area (Å²) in [4.78, 5) is 6.62. The second-order valence-electron chi connectivity index (χ2n) is 4.54. The predicted octanol–water partition coefficient (Wildman–Crippen LogP) is 1.65. The number of nitrogens with zero attached hydrogens (tertiary/aromatic N) is 2. The van der Waals surface area contributed by atoms with Gasteiger partial charge in [-0.05, 0) is 18.1 Å². The van der Waals surface area contributed by atoms with Gasteiger partial charge in [-0.2, -0.15) is 0 Å². The summed E-state index contributed by atoms with van der Waals surface area (Å²) in [5, 5.41) is 0. The van der Waals surface area contributed by atoms with Crippen LogP contribution in [0.4, 0.5) is 5.69 Å². The molecule has 1 heterocycles. The van der Waals surface area contributed by atoms with Gasteiger partial charge in [-0.25, -0.2) is 0 Å². The fraction of sp³-hybridized carbons (Fsp3) is 0.615. The summed E-state index contributed by atoms with van der Waals surface area (Å²) in [6, 6.07) is 4.06. The van der Waals surface area contributed by atoms with Crippen molar-refractivity contribution in [3.8, 4) is 0 Å². The van der Waals surface area contributed by atoms with Crippen molar-refractivity contribution in [2.45, 2.75) is 20.4 Å². The van der Waals surface area contributed by atoms with E-state index in [1.807, 2.05) is 12.3 Å². The summed E-state index contributed by atoms with van der Waals surface area (Å²) in [6.07, 6.45) is 1.89. The Morgan fingerprint density at radius 1 is 1.41 bits per heavy atom. The minimum absolute atomic E-state index is 0.489. The number of methoxy groups -OCH3 is 1. The van der Waals surface area contributed by atoms with Crippen LogP contribution in [0.2, 0.25) is 0 Å². The van der Waals surface area contributed by atoms with Gasteiger partial charge in [0, 0.05) is 26.7 Å². The zero-order chi connectivity index (χ0) is 12.7. The molecule has 0 aliphatic heterocycles. The molecule has 1 aromatic rings. The number of hydrogen-bond donors (Lipinski definition) is 1. The van der Waals surface area contributed by atoms with Crippen LogP contribution in [0.1, 0.15) is 19.5 Å². The van der Waals surface area contributed by atoms with Crippen LogP contribution in [0, 0.1) is 5.92 Å². The number of aromatic nitrogens is 1. The molecule has 17 heavy (non-hydrogen) atoms. The van der Waals surface area contributed by atoms with Gasteiger partial charge in [-0.15, -0.1) is 0 Å². The molecule has 0 saturated heterocycles.